The Morgan fingerprint density at radius 2 is 1.92 bits per heavy atom. The first-order valence-corrected chi connectivity index (χ1v) is 7.60. The second-order valence-electron chi connectivity index (χ2n) is 5.66. The zero-order chi connectivity index (χ0) is 17.1. The van der Waals surface area contributed by atoms with Crippen LogP contribution in [0.2, 0.25) is 0 Å². The molecule has 1 aliphatic rings. The van der Waals surface area contributed by atoms with Gasteiger partial charge in [0.2, 0.25) is 0 Å². The molecule has 24 heavy (non-hydrogen) atoms. The molecule has 2 aromatic carbocycles. The number of carbonyl (C=O) groups is 3. The van der Waals surface area contributed by atoms with Crippen molar-refractivity contribution in [3.05, 3.63) is 70.8 Å². The zero-order valence-corrected chi connectivity index (χ0v) is 13.2. The molecule has 1 unspecified atom stereocenters. The van der Waals surface area contributed by atoms with E-state index in [-0.39, 0.29) is 18.5 Å². The number of Topliss-reactive ketones (excluding diaryl/α,β-unsaturated/α-hetero) is 1. The van der Waals surface area contributed by atoms with E-state index in [1.165, 1.54) is 13.0 Å². The quantitative estimate of drug-likeness (QED) is 0.809. The van der Waals surface area contributed by atoms with Crippen molar-refractivity contribution < 1.29 is 23.9 Å². The van der Waals surface area contributed by atoms with Gasteiger partial charge in [0.1, 0.15) is 12.7 Å². The Morgan fingerprint density at radius 3 is 2.62 bits per heavy atom. The van der Waals surface area contributed by atoms with Crippen LogP contribution in [0.1, 0.15) is 44.9 Å². The summed E-state index contributed by atoms with van der Waals surface area (Å²) in [7, 11) is 0. The number of rotatable bonds is 4. The predicted octanol–water partition coefficient (Wildman–Crippen LogP) is 2.89. The Morgan fingerprint density at radius 1 is 1.17 bits per heavy atom. The molecule has 1 heterocycles. The zero-order valence-electron chi connectivity index (χ0n) is 13.2. The molecule has 1 aliphatic heterocycles. The van der Waals surface area contributed by atoms with Crippen molar-refractivity contribution in [2.45, 2.75) is 19.4 Å². The van der Waals surface area contributed by atoms with Gasteiger partial charge in [0, 0.05) is 6.42 Å². The summed E-state index contributed by atoms with van der Waals surface area (Å²) in [5, 5.41) is 0. The minimum Gasteiger partial charge on any atom is -0.454 e. The predicted molar refractivity (Wildman–Crippen MR) is 85.7 cm³/mol. The average Bonchev–Trinajstić information content (AvgIpc) is 2.59. The summed E-state index contributed by atoms with van der Waals surface area (Å²) >= 11 is 0. The van der Waals surface area contributed by atoms with E-state index in [2.05, 4.69) is 0 Å². The first kappa shape index (κ1) is 15.9. The fourth-order valence-corrected chi connectivity index (χ4v) is 2.63. The van der Waals surface area contributed by atoms with Crippen molar-refractivity contribution in [2.75, 3.05) is 6.61 Å². The lowest BCUT2D eigenvalue weighted by atomic mass is 9.93. The van der Waals surface area contributed by atoms with Crippen LogP contribution in [-0.4, -0.2) is 24.3 Å². The van der Waals surface area contributed by atoms with Gasteiger partial charge in [0.25, 0.3) is 0 Å². The van der Waals surface area contributed by atoms with Crippen molar-refractivity contribution in [2.24, 2.45) is 0 Å². The van der Waals surface area contributed by atoms with Crippen LogP contribution < -0.4 is 0 Å². The molecular formula is C19H16O5. The van der Waals surface area contributed by atoms with Gasteiger partial charge in [-0.3, -0.25) is 4.79 Å². The van der Waals surface area contributed by atoms with Gasteiger partial charge in [-0.25, -0.2) is 9.59 Å². The highest BCUT2D eigenvalue weighted by molar-refractivity contribution is 5.96. The smallest absolute Gasteiger partial charge is 0.339 e. The van der Waals surface area contributed by atoms with Crippen LogP contribution in [0.15, 0.2) is 48.5 Å². The number of fused-ring (bicyclic) bond motifs is 1. The minimum absolute atomic E-state index is 0.228. The highest BCUT2D eigenvalue weighted by Crippen LogP contribution is 2.31. The minimum atomic E-state index is -0.580. The number of hydrogen-bond acceptors (Lipinski definition) is 5. The van der Waals surface area contributed by atoms with E-state index in [0.29, 0.717) is 17.5 Å². The van der Waals surface area contributed by atoms with Crippen LogP contribution in [0.25, 0.3) is 0 Å². The van der Waals surface area contributed by atoms with Gasteiger partial charge in [-0.1, -0.05) is 30.3 Å². The fraction of sp³-hybridized carbons (Fsp3) is 0.211. The largest absolute Gasteiger partial charge is 0.454 e. The second kappa shape index (κ2) is 6.66. The third-order valence-corrected chi connectivity index (χ3v) is 3.79. The summed E-state index contributed by atoms with van der Waals surface area (Å²) in [4.78, 5) is 35.1. The Bertz CT molecular complexity index is 795. The van der Waals surface area contributed by atoms with Gasteiger partial charge in [-0.2, -0.15) is 0 Å². The molecule has 0 fully saturated rings. The highest BCUT2D eigenvalue weighted by Gasteiger charge is 2.28. The average molecular weight is 324 g/mol. The lowest BCUT2D eigenvalue weighted by Gasteiger charge is -2.25. The monoisotopic (exact) mass is 324 g/mol. The first-order valence-electron chi connectivity index (χ1n) is 7.60. The van der Waals surface area contributed by atoms with Crippen molar-refractivity contribution >= 4 is 17.7 Å². The Balaban J connectivity index is 1.85. The van der Waals surface area contributed by atoms with Crippen molar-refractivity contribution in [1.29, 1.82) is 0 Å². The number of ether oxygens (including phenoxy) is 2. The number of carbonyl (C=O) groups excluding carboxylic acids is 3. The molecule has 0 aliphatic carbocycles. The highest BCUT2D eigenvalue weighted by atomic mass is 16.5. The SMILES string of the molecule is CC(=O)COC(=O)c1ccc2c(c1)CC(c1ccccc1)OC2=O. The summed E-state index contributed by atoms with van der Waals surface area (Å²) in [5.41, 5.74) is 2.40. The van der Waals surface area contributed by atoms with E-state index in [9.17, 15) is 14.4 Å². The Labute approximate surface area is 139 Å². The van der Waals surface area contributed by atoms with Crippen LogP contribution >= 0.6 is 0 Å². The number of cyclic esters (lactones) is 1. The molecule has 122 valence electrons. The molecule has 0 spiro atoms. The molecule has 0 amide bonds. The van der Waals surface area contributed by atoms with Gasteiger partial charge in [0.05, 0.1) is 11.1 Å². The Kier molecular flexibility index (Phi) is 4.42. The van der Waals surface area contributed by atoms with E-state index in [1.807, 2.05) is 30.3 Å². The number of hydrogen-bond donors (Lipinski definition) is 0. The molecule has 5 nitrogen and oxygen atoms in total. The van der Waals surface area contributed by atoms with Crippen molar-refractivity contribution in [3.8, 4) is 0 Å². The maximum Gasteiger partial charge on any atom is 0.339 e. The maximum atomic E-state index is 12.2. The van der Waals surface area contributed by atoms with Gasteiger partial charge < -0.3 is 9.47 Å². The van der Waals surface area contributed by atoms with Gasteiger partial charge in [-0.15, -0.1) is 0 Å². The van der Waals surface area contributed by atoms with E-state index in [1.54, 1.807) is 12.1 Å². The Hall–Kier alpha value is -2.95. The second-order valence-corrected chi connectivity index (χ2v) is 5.66. The van der Waals surface area contributed by atoms with E-state index < -0.39 is 11.9 Å². The fourth-order valence-electron chi connectivity index (χ4n) is 2.63. The van der Waals surface area contributed by atoms with Gasteiger partial charge >= 0.3 is 11.9 Å². The van der Waals surface area contributed by atoms with Crippen LogP contribution in [0.3, 0.4) is 0 Å². The summed E-state index contributed by atoms with van der Waals surface area (Å²) in [6.07, 6.45) is 0.105. The molecule has 0 N–H and O–H groups in total. The van der Waals surface area contributed by atoms with Crippen LogP contribution in [0.4, 0.5) is 0 Å². The molecule has 5 heteroatoms. The lowest BCUT2D eigenvalue weighted by Crippen LogP contribution is -2.22. The summed E-state index contributed by atoms with van der Waals surface area (Å²) < 4.78 is 10.4. The molecule has 0 saturated heterocycles. The molecule has 0 radical (unpaired) electrons. The molecule has 0 aromatic heterocycles. The number of benzene rings is 2. The normalized spacial score (nSPS) is 16.0. The molecular weight excluding hydrogens is 308 g/mol. The van der Waals surface area contributed by atoms with E-state index in [0.717, 1.165) is 11.1 Å². The topological polar surface area (TPSA) is 69.7 Å². The summed E-state index contributed by atoms with van der Waals surface area (Å²) in [5.74, 6) is -1.22. The van der Waals surface area contributed by atoms with Crippen molar-refractivity contribution in [3.63, 3.8) is 0 Å². The molecule has 1 atom stereocenters. The lowest BCUT2D eigenvalue weighted by molar-refractivity contribution is -0.120. The molecule has 0 bridgehead atoms. The third kappa shape index (κ3) is 3.35. The van der Waals surface area contributed by atoms with Crippen LogP contribution in [0.5, 0.6) is 0 Å². The summed E-state index contributed by atoms with van der Waals surface area (Å²) in [6.45, 7) is 1.09. The number of ketones is 1. The summed E-state index contributed by atoms with van der Waals surface area (Å²) in [6, 6.07) is 14.2. The van der Waals surface area contributed by atoms with Crippen LogP contribution in [0, 0.1) is 0 Å². The maximum absolute atomic E-state index is 12.2. The number of esters is 2. The molecule has 0 saturated carbocycles. The first-order chi connectivity index (χ1) is 11.5. The van der Waals surface area contributed by atoms with E-state index in [4.69, 9.17) is 9.47 Å². The van der Waals surface area contributed by atoms with Crippen LogP contribution in [-0.2, 0) is 20.7 Å². The standard InChI is InChI=1S/C19H16O5/c1-12(20)11-23-18(21)14-7-8-16-15(9-14)10-17(24-19(16)22)13-5-3-2-4-6-13/h2-9,17H,10-11H2,1H3. The molecule has 3 rings (SSSR count). The van der Waals surface area contributed by atoms with Gasteiger partial charge in [-0.05, 0) is 36.2 Å². The van der Waals surface area contributed by atoms with Crippen molar-refractivity contribution in [1.82, 2.24) is 0 Å². The molecule has 2 aromatic rings. The third-order valence-electron chi connectivity index (χ3n) is 3.79. The van der Waals surface area contributed by atoms with E-state index >= 15 is 0 Å². The van der Waals surface area contributed by atoms with Gasteiger partial charge in [0.15, 0.2) is 5.78 Å².